The number of nitrogens with zero attached hydrogens (tertiary/aromatic N) is 3. The molecular formula is C51H35N3. The van der Waals surface area contributed by atoms with Gasteiger partial charge in [0.05, 0.1) is 0 Å². The van der Waals surface area contributed by atoms with Gasteiger partial charge in [-0.05, 0) is 50.1 Å². The van der Waals surface area contributed by atoms with Crippen molar-refractivity contribution < 1.29 is 0 Å². The van der Waals surface area contributed by atoms with E-state index >= 15 is 0 Å². The highest BCUT2D eigenvalue weighted by Gasteiger charge is 2.19. The van der Waals surface area contributed by atoms with Gasteiger partial charge in [0.1, 0.15) is 0 Å². The zero-order valence-corrected chi connectivity index (χ0v) is 29.5. The van der Waals surface area contributed by atoms with Crippen LogP contribution in [0.3, 0.4) is 0 Å². The van der Waals surface area contributed by atoms with Gasteiger partial charge >= 0.3 is 0 Å². The molecule has 0 fully saturated rings. The maximum absolute atomic E-state index is 5.21. The van der Waals surface area contributed by atoms with Gasteiger partial charge in [-0.15, -0.1) is 0 Å². The third kappa shape index (κ3) is 6.74. The second-order valence-corrected chi connectivity index (χ2v) is 13.2. The zero-order chi connectivity index (χ0) is 36.1. The second-order valence-electron chi connectivity index (χ2n) is 13.2. The average molecular weight is 690 g/mol. The van der Waals surface area contributed by atoms with Crippen LogP contribution in [0.5, 0.6) is 0 Å². The van der Waals surface area contributed by atoms with E-state index < -0.39 is 0 Å². The summed E-state index contributed by atoms with van der Waals surface area (Å²) in [6.07, 6.45) is 0. The van der Waals surface area contributed by atoms with E-state index in [4.69, 9.17) is 15.0 Å². The van der Waals surface area contributed by atoms with Crippen LogP contribution in [0.25, 0.3) is 89.8 Å². The van der Waals surface area contributed by atoms with Crippen LogP contribution in [0.4, 0.5) is 0 Å². The highest BCUT2D eigenvalue weighted by atomic mass is 15.0. The first kappa shape index (κ1) is 32.7. The third-order valence-electron chi connectivity index (χ3n) is 9.81. The Bertz CT molecular complexity index is 2640. The molecule has 0 saturated heterocycles. The minimum absolute atomic E-state index is 0.622. The molecule has 8 aromatic carbocycles. The molecular weight excluding hydrogens is 655 g/mol. The van der Waals surface area contributed by atoms with Crippen molar-refractivity contribution in [2.45, 2.75) is 0 Å². The molecule has 3 heteroatoms. The van der Waals surface area contributed by atoms with Crippen molar-refractivity contribution in [2.24, 2.45) is 0 Å². The van der Waals surface area contributed by atoms with Crippen molar-refractivity contribution in [1.82, 2.24) is 15.0 Å². The van der Waals surface area contributed by atoms with Gasteiger partial charge in [-0.3, -0.25) is 0 Å². The lowest BCUT2D eigenvalue weighted by molar-refractivity contribution is 1.07. The van der Waals surface area contributed by atoms with Crippen LogP contribution in [-0.4, -0.2) is 15.0 Å². The van der Waals surface area contributed by atoms with Gasteiger partial charge in [-0.25, -0.2) is 15.0 Å². The molecule has 0 bridgehead atoms. The fraction of sp³-hybridized carbons (Fsp3) is 0. The number of hydrogen-bond acceptors (Lipinski definition) is 3. The molecule has 0 atom stereocenters. The SMILES string of the molecule is c1ccc(-c2ccc(-c3ccc(-c4nc(-c5ccc(-c6ccccc6)cc5)nc(-c5cccc(-c6ccccc6)c5-c5ccccc5)n4)cc3)cc2)cc1. The predicted molar refractivity (Wildman–Crippen MR) is 223 cm³/mol. The van der Waals surface area contributed by atoms with E-state index in [9.17, 15) is 0 Å². The molecule has 1 heterocycles. The van der Waals surface area contributed by atoms with Crippen LogP contribution in [0.15, 0.2) is 212 Å². The van der Waals surface area contributed by atoms with Gasteiger partial charge in [0.2, 0.25) is 0 Å². The molecule has 0 aliphatic rings. The Morgan fingerprint density at radius 2 is 0.481 bits per heavy atom. The summed E-state index contributed by atoms with van der Waals surface area (Å²) in [6, 6.07) is 74.0. The number of benzene rings is 8. The quantitative estimate of drug-likeness (QED) is 0.159. The average Bonchev–Trinajstić information content (AvgIpc) is 3.27. The Kier molecular flexibility index (Phi) is 8.94. The van der Waals surface area contributed by atoms with E-state index in [1.54, 1.807) is 0 Å². The lowest BCUT2D eigenvalue weighted by Gasteiger charge is -2.16. The minimum Gasteiger partial charge on any atom is -0.208 e. The van der Waals surface area contributed by atoms with Crippen LogP contribution in [-0.2, 0) is 0 Å². The summed E-state index contributed by atoms with van der Waals surface area (Å²) >= 11 is 0. The van der Waals surface area contributed by atoms with Gasteiger partial charge in [-0.2, -0.15) is 0 Å². The van der Waals surface area contributed by atoms with Crippen LogP contribution in [0.1, 0.15) is 0 Å². The van der Waals surface area contributed by atoms with Crippen molar-refractivity contribution in [2.75, 3.05) is 0 Å². The summed E-state index contributed by atoms with van der Waals surface area (Å²) in [5, 5.41) is 0. The topological polar surface area (TPSA) is 38.7 Å². The third-order valence-corrected chi connectivity index (χ3v) is 9.81. The van der Waals surface area contributed by atoms with E-state index in [1.165, 1.54) is 16.7 Å². The Labute approximate surface area is 316 Å². The molecule has 0 radical (unpaired) electrons. The van der Waals surface area contributed by atoms with Crippen LogP contribution >= 0.6 is 0 Å². The summed E-state index contributed by atoms with van der Waals surface area (Å²) in [6.45, 7) is 0. The zero-order valence-electron chi connectivity index (χ0n) is 29.5. The molecule has 0 spiro atoms. The lowest BCUT2D eigenvalue weighted by atomic mass is 9.90. The van der Waals surface area contributed by atoms with Gasteiger partial charge in [0, 0.05) is 22.3 Å². The summed E-state index contributed by atoms with van der Waals surface area (Å²) < 4.78 is 0. The Morgan fingerprint density at radius 3 is 0.889 bits per heavy atom. The summed E-state index contributed by atoms with van der Waals surface area (Å²) in [5.74, 6) is 1.87. The highest BCUT2D eigenvalue weighted by molar-refractivity contribution is 5.93. The smallest absolute Gasteiger partial charge is 0.164 e. The van der Waals surface area contributed by atoms with E-state index in [0.717, 1.165) is 55.6 Å². The van der Waals surface area contributed by atoms with Crippen molar-refractivity contribution in [3.8, 4) is 89.8 Å². The number of rotatable bonds is 8. The van der Waals surface area contributed by atoms with Crippen molar-refractivity contribution in [1.29, 1.82) is 0 Å². The molecule has 0 unspecified atom stereocenters. The Morgan fingerprint density at radius 1 is 0.185 bits per heavy atom. The maximum atomic E-state index is 5.21. The lowest BCUT2D eigenvalue weighted by Crippen LogP contribution is -2.02. The molecule has 0 amide bonds. The van der Waals surface area contributed by atoms with Crippen LogP contribution in [0, 0.1) is 0 Å². The summed E-state index contributed by atoms with van der Waals surface area (Å²) in [4.78, 5) is 15.5. The van der Waals surface area contributed by atoms with Crippen molar-refractivity contribution in [3.63, 3.8) is 0 Å². The van der Waals surface area contributed by atoms with Gasteiger partial charge in [0.15, 0.2) is 17.5 Å². The monoisotopic (exact) mass is 689 g/mol. The van der Waals surface area contributed by atoms with Crippen molar-refractivity contribution >= 4 is 0 Å². The molecule has 1 aromatic heterocycles. The molecule has 0 aliphatic carbocycles. The Balaban J connectivity index is 1.16. The van der Waals surface area contributed by atoms with Crippen LogP contribution < -0.4 is 0 Å². The molecule has 0 aliphatic heterocycles. The van der Waals surface area contributed by atoms with Gasteiger partial charge < -0.3 is 0 Å². The largest absolute Gasteiger partial charge is 0.208 e. The second kappa shape index (κ2) is 14.8. The fourth-order valence-electron chi connectivity index (χ4n) is 7.01. The molecule has 9 rings (SSSR count). The fourth-order valence-corrected chi connectivity index (χ4v) is 7.01. The minimum atomic E-state index is 0.622. The summed E-state index contributed by atoms with van der Waals surface area (Å²) in [5.41, 5.74) is 14.2. The van der Waals surface area contributed by atoms with Crippen molar-refractivity contribution in [3.05, 3.63) is 212 Å². The molecule has 0 saturated carbocycles. The molecule has 54 heavy (non-hydrogen) atoms. The normalized spacial score (nSPS) is 11.0. The van der Waals surface area contributed by atoms with Crippen LogP contribution in [0.2, 0.25) is 0 Å². The van der Waals surface area contributed by atoms with E-state index in [0.29, 0.717) is 17.5 Å². The van der Waals surface area contributed by atoms with E-state index in [-0.39, 0.29) is 0 Å². The summed E-state index contributed by atoms with van der Waals surface area (Å²) in [7, 11) is 0. The molecule has 3 nitrogen and oxygen atoms in total. The molecule has 254 valence electrons. The maximum Gasteiger partial charge on any atom is 0.164 e. The standard InChI is InChI=1S/C51H35N3/c1-5-14-36(15-6-1)38-24-26-40(27-25-38)41-30-34-45(35-31-41)50-52-49(44-32-28-39(29-33-44)37-16-7-2-8-17-37)53-51(54-50)47-23-13-22-46(42-18-9-3-10-19-42)48(47)43-20-11-4-12-21-43/h1-35H. The first-order valence-electron chi connectivity index (χ1n) is 18.2. The first-order chi connectivity index (χ1) is 26.8. The van der Waals surface area contributed by atoms with E-state index in [1.807, 2.05) is 24.3 Å². The van der Waals surface area contributed by atoms with Gasteiger partial charge in [-0.1, -0.05) is 212 Å². The number of hydrogen-bond donors (Lipinski definition) is 0. The molecule has 9 aromatic rings. The van der Waals surface area contributed by atoms with Gasteiger partial charge in [0.25, 0.3) is 0 Å². The Hall–Kier alpha value is -7.23. The molecule has 0 N–H and O–H groups in total. The van der Waals surface area contributed by atoms with E-state index in [2.05, 4.69) is 188 Å². The highest BCUT2D eigenvalue weighted by Crippen LogP contribution is 2.40. The number of aromatic nitrogens is 3. The predicted octanol–water partition coefficient (Wildman–Crippen LogP) is 13.2. The first-order valence-corrected chi connectivity index (χ1v) is 18.2.